The minimum Gasteiger partial charge on any atom is -0.395 e. The first-order valence-corrected chi connectivity index (χ1v) is 10.8. The number of carbonyl (C=O) groups is 1. The molecule has 0 bridgehead atoms. The minimum absolute atomic E-state index is 0.0518. The van der Waals surface area contributed by atoms with Crippen molar-refractivity contribution in [3.05, 3.63) is 66.2 Å². The number of aliphatic hydroxyl groups is 1. The Morgan fingerprint density at radius 2 is 1.88 bits per heavy atom. The fourth-order valence-electron chi connectivity index (χ4n) is 3.30. The van der Waals surface area contributed by atoms with Gasteiger partial charge in [0.1, 0.15) is 18.7 Å². The van der Waals surface area contributed by atoms with Crippen LogP contribution in [-0.4, -0.2) is 55.5 Å². The Morgan fingerprint density at radius 1 is 1.09 bits per heavy atom. The van der Waals surface area contributed by atoms with Crippen molar-refractivity contribution in [3.8, 4) is 23.3 Å². The second-order valence-electron chi connectivity index (χ2n) is 7.23. The van der Waals surface area contributed by atoms with Gasteiger partial charge >= 0.3 is 0 Å². The van der Waals surface area contributed by atoms with E-state index < -0.39 is 0 Å². The standard InChI is InChI=1S/C23H19N7O2S/c1-28(6-7-31)22(32)15-29-13-19(12-26-29)17-8-21(23-18(10-25)11-27-30(23)14-17)33-20-5-3-2-4-16(20)9-24/h2-5,8,11-14,31H,6-7,15H2,1H3. The number of carbonyl (C=O) groups excluding carboxylic acids is 1. The Kier molecular flexibility index (Phi) is 6.41. The molecule has 0 spiro atoms. The zero-order valence-electron chi connectivity index (χ0n) is 17.7. The molecule has 33 heavy (non-hydrogen) atoms. The number of nitrogens with zero attached hydrogens (tertiary/aromatic N) is 7. The first-order valence-electron chi connectivity index (χ1n) is 10.00. The minimum atomic E-state index is -0.163. The highest BCUT2D eigenvalue weighted by Gasteiger charge is 2.16. The number of aliphatic hydroxyl groups excluding tert-OH is 1. The molecule has 0 aliphatic heterocycles. The first-order chi connectivity index (χ1) is 16.0. The van der Waals surface area contributed by atoms with Gasteiger partial charge in [0.2, 0.25) is 5.91 Å². The summed E-state index contributed by atoms with van der Waals surface area (Å²) in [7, 11) is 1.63. The van der Waals surface area contributed by atoms with Crippen molar-refractivity contribution >= 4 is 23.2 Å². The number of rotatable bonds is 7. The van der Waals surface area contributed by atoms with Gasteiger partial charge in [0.25, 0.3) is 0 Å². The lowest BCUT2D eigenvalue weighted by molar-refractivity contribution is -0.131. The van der Waals surface area contributed by atoms with Crippen LogP contribution in [0.5, 0.6) is 0 Å². The summed E-state index contributed by atoms with van der Waals surface area (Å²) < 4.78 is 3.18. The number of hydrogen-bond acceptors (Lipinski definition) is 7. The molecule has 1 amide bonds. The average molecular weight is 458 g/mol. The van der Waals surface area contributed by atoms with Gasteiger partial charge in [0.05, 0.1) is 35.6 Å². The van der Waals surface area contributed by atoms with Gasteiger partial charge in [-0.05, 0) is 18.2 Å². The van der Waals surface area contributed by atoms with E-state index in [-0.39, 0.29) is 25.6 Å². The van der Waals surface area contributed by atoms with Crippen LogP contribution in [0.2, 0.25) is 0 Å². The van der Waals surface area contributed by atoms with Crippen molar-refractivity contribution in [2.24, 2.45) is 0 Å². The summed E-state index contributed by atoms with van der Waals surface area (Å²) in [6.45, 7) is 0.210. The molecule has 3 aromatic heterocycles. The number of pyridine rings is 1. The molecule has 0 saturated heterocycles. The van der Waals surface area contributed by atoms with Crippen molar-refractivity contribution in [1.29, 1.82) is 10.5 Å². The Morgan fingerprint density at radius 3 is 2.64 bits per heavy atom. The van der Waals surface area contributed by atoms with E-state index in [1.165, 1.54) is 27.5 Å². The number of amides is 1. The van der Waals surface area contributed by atoms with Gasteiger partial charge in [-0.15, -0.1) is 0 Å². The lowest BCUT2D eigenvalue weighted by Gasteiger charge is -2.15. The van der Waals surface area contributed by atoms with Crippen LogP contribution in [0.3, 0.4) is 0 Å². The molecule has 0 unspecified atom stereocenters. The average Bonchev–Trinajstić information content (AvgIpc) is 3.46. The fraction of sp³-hybridized carbons (Fsp3) is 0.174. The smallest absolute Gasteiger partial charge is 0.244 e. The lowest BCUT2D eigenvalue weighted by Crippen LogP contribution is -2.32. The van der Waals surface area contributed by atoms with E-state index in [2.05, 4.69) is 22.3 Å². The molecule has 0 saturated carbocycles. The van der Waals surface area contributed by atoms with E-state index in [0.29, 0.717) is 16.6 Å². The molecule has 1 aromatic carbocycles. The van der Waals surface area contributed by atoms with Crippen LogP contribution in [-0.2, 0) is 11.3 Å². The third kappa shape index (κ3) is 4.58. The maximum atomic E-state index is 12.3. The lowest BCUT2D eigenvalue weighted by atomic mass is 10.1. The third-order valence-corrected chi connectivity index (χ3v) is 6.16. The predicted octanol–water partition coefficient (Wildman–Crippen LogP) is 2.54. The Bertz CT molecular complexity index is 1410. The van der Waals surface area contributed by atoms with Gasteiger partial charge in [0.15, 0.2) is 0 Å². The van der Waals surface area contributed by atoms with Crippen LogP contribution < -0.4 is 0 Å². The van der Waals surface area contributed by atoms with Gasteiger partial charge in [-0.3, -0.25) is 9.48 Å². The quantitative estimate of drug-likeness (QED) is 0.452. The fourth-order valence-corrected chi connectivity index (χ4v) is 4.39. The van der Waals surface area contributed by atoms with Gasteiger partial charge in [-0.1, -0.05) is 23.9 Å². The van der Waals surface area contributed by atoms with Gasteiger partial charge in [0, 0.05) is 46.9 Å². The monoisotopic (exact) mass is 457 g/mol. The summed E-state index contributed by atoms with van der Waals surface area (Å²) in [5, 5.41) is 36.6. The van der Waals surface area contributed by atoms with Crippen LogP contribution in [0.25, 0.3) is 16.6 Å². The molecule has 4 rings (SSSR count). The van der Waals surface area contributed by atoms with Crippen LogP contribution in [0.15, 0.2) is 64.9 Å². The molecular weight excluding hydrogens is 438 g/mol. The van der Waals surface area contributed by atoms with Gasteiger partial charge < -0.3 is 10.0 Å². The number of nitriles is 2. The number of likely N-dealkylation sites (N-methyl/N-ethyl adjacent to an activating group) is 1. The van der Waals surface area contributed by atoms with E-state index in [9.17, 15) is 15.3 Å². The maximum Gasteiger partial charge on any atom is 0.244 e. The summed E-state index contributed by atoms with van der Waals surface area (Å²) >= 11 is 1.39. The molecule has 0 aliphatic rings. The number of hydrogen-bond donors (Lipinski definition) is 1. The highest BCUT2D eigenvalue weighted by molar-refractivity contribution is 7.99. The van der Waals surface area contributed by atoms with E-state index in [1.807, 2.05) is 24.3 Å². The molecule has 1 N–H and O–H groups in total. The van der Waals surface area contributed by atoms with Crippen molar-refractivity contribution < 1.29 is 9.90 Å². The second-order valence-corrected chi connectivity index (χ2v) is 8.32. The molecule has 4 aromatic rings. The van der Waals surface area contributed by atoms with Crippen molar-refractivity contribution in [3.63, 3.8) is 0 Å². The summed E-state index contributed by atoms with van der Waals surface area (Å²) in [5.41, 5.74) is 3.22. The highest BCUT2D eigenvalue weighted by Crippen LogP contribution is 2.36. The second kappa shape index (κ2) is 9.57. The van der Waals surface area contributed by atoms with Crippen LogP contribution >= 0.6 is 11.8 Å². The van der Waals surface area contributed by atoms with Gasteiger partial charge in [-0.25, -0.2) is 4.52 Å². The summed E-state index contributed by atoms with van der Waals surface area (Å²) in [4.78, 5) is 15.3. The maximum absolute atomic E-state index is 12.3. The van der Waals surface area contributed by atoms with Crippen LogP contribution in [0.4, 0.5) is 0 Å². The molecule has 0 radical (unpaired) electrons. The van der Waals surface area contributed by atoms with E-state index in [1.54, 1.807) is 36.2 Å². The van der Waals surface area contributed by atoms with Crippen molar-refractivity contribution in [2.45, 2.75) is 16.3 Å². The third-order valence-electron chi connectivity index (χ3n) is 5.05. The van der Waals surface area contributed by atoms with Crippen LogP contribution in [0.1, 0.15) is 11.1 Å². The highest BCUT2D eigenvalue weighted by atomic mass is 32.2. The molecule has 0 atom stereocenters. The Hall–Kier alpha value is -4.12. The van der Waals surface area contributed by atoms with Crippen LogP contribution in [0, 0.1) is 22.7 Å². The summed E-state index contributed by atoms with van der Waals surface area (Å²) in [5.74, 6) is -0.163. The van der Waals surface area contributed by atoms with Gasteiger partial charge in [-0.2, -0.15) is 20.7 Å². The Labute approximate surface area is 194 Å². The normalized spacial score (nSPS) is 10.7. The topological polar surface area (TPSA) is 123 Å². The molecule has 0 fully saturated rings. The molecule has 10 heteroatoms. The zero-order chi connectivity index (χ0) is 23.4. The molecule has 3 heterocycles. The molecular formula is C23H19N7O2S. The Balaban J connectivity index is 1.72. The molecule has 164 valence electrons. The van der Waals surface area contributed by atoms with Crippen molar-refractivity contribution in [2.75, 3.05) is 20.2 Å². The molecule has 9 nitrogen and oxygen atoms in total. The largest absolute Gasteiger partial charge is 0.395 e. The van der Waals surface area contributed by atoms with E-state index in [4.69, 9.17) is 5.11 Å². The SMILES string of the molecule is CN(CCO)C(=O)Cn1cc(-c2cc(Sc3ccccc3C#N)c3c(C#N)cnn3c2)cn1. The number of fused-ring (bicyclic) bond motifs is 1. The van der Waals surface area contributed by atoms with E-state index >= 15 is 0 Å². The van der Waals surface area contributed by atoms with E-state index in [0.717, 1.165) is 20.9 Å². The van der Waals surface area contributed by atoms with Crippen molar-refractivity contribution in [1.82, 2.24) is 24.3 Å². The molecule has 0 aliphatic carbocycles. The number of benzene rings is 1. The number of aromatic nitrogens is 4. The predicted molar refractivity (Wildman–Crippen MR) is 121 cm³/mol. The first kappa shape index (κ1) is 22.1. The summed E-state index contributed by atoms with van der Waals surface area (Å²) in [6.07, 6.45) is 6.74. The zero-order valence-corrected chi connectivity index (χ0v) is 18.5. The summed E-state index contributed by atoms with van der Waals surface area (Å²) in [6, 6.07) is 13.6.